The highest BCUT2D eigenvalue weighted by Crippen LogP contribution is 2.31. The van der Waals surface area contributed by atoms with E-state index in [9.17, 15) is 4.39 Å². The largest absolute Gasteiger partial charge is 0.497 e. The molecular formula is C16H20FN3O. The SMILES string of the molecule is COc1ccc(F)c(Nc2nccn2C2CCCCC2)c1. The van der Waals surface area contributed by atoms with Crippen LogP contribution < -0.4 is 10.1 Å². The number of ether oxygens (including phenoxy) is 1. The first kappa shape index (κ1) is 13.9. The van der Waals surface area contributed by atoms with Gasteiger partial charge in [0.15, 0.2) is 0 Å². The van der Waals surface area contributed by atoms with E-state index in [4.69, 9.17) is 4.74 Å². The molecule has 1 heterocycles. The van der Waals surface area contributed by atoms with E-state index in [-0.39, 0.29) is 5.82 Å². The maximum absolute atomic E-state index is 13.9. The predicted octanol–water partition coefficient (Wildman–Crippen LogP) is 4.28. The number of halogens is 1. The smallest absolute Gasteiger partial charge is 0.207 e. The van der Waals surface area contributed by atoms with Crippen LogP contribution in [-0.2, 0) is 0 Å². The summed E-state index contributed by atoms with van der Waals surface area (Å²) in [5, 5.41) is 3.09. The van der Waals surface area contributed by atoms with Crippen molar-refractivity contribution in [2.75, 3.05) is 12.4 Å². The van der Waals surface area contributed by atoms with Crippen LogP contribution in [0.5, 0.6) is 5.75 Å². The number of hydrogen-bond acceptors (Lipinski definition) is 3. The van der Waals surface area contributed by atoms with Gasteiger partial charge in [-0.3, -0.25) is 0 Å². The van der Waals surface area contributed by atoms with E-state index in [1.54, 1.807) is 25.4 Å². The fourth-order valence-corrected chi connectivity index (χ4v) is 2.91. The first-order chi connectivity index (χ1) is 10.3. The van der Waals surface area contributed by atoms with Crippen LogP contribution in [0.1, 0.15) is 38.1 Å². The molecule has 0 spiro atoms. The zero-order chi connectivity index (χ0) is 14.7. The van der Waals surface area contributed by atoms with Gasteiger partial charge in [-0.1, -0.05) is 19.3 Å². The van der Waals surface area contributed by atoms with Crippen LogP contribution in [0.3, 0.4) is 0 Å². The highest BCUT2D eigenvalue weighted by atomic mass is 19.1. The van der Waals surface area contributed by atoms with Crippen LogP contribution in [0.25, 0.3) is 0 Å². The van der Waals surface area contributed by atoms with Gasteiger partial charge in [0.1, 0.15) is 11.6 Å². The van der Waals surface area contributed by atoms with E-state index < -0.39 is 0 Å². The van der Waals surface area contributed by atoms with Gasteiger partial charge in [-0.15, -0.1) is 0 Å². The van der Waals surface area contributed by atoms with E-state index >= 15 is 0 Å². The molecule has 4 nitrogen and oxygen atoms in total. The lowest BCUT2D eigenvalue weighted by molar-refractivity contribution is 0.356. The third kappa shape index (κ3) is 3.01. The third-order valence-electron chi connectivity index (χ3n) is 4.06. The van der Waals surface area contributed by atoms with Gasteiger partial charge in [0.05, 0.1) is 12.8 Å². The molecule has 0 unspecified atom stereocenters. The first-order valence-corrected chi connectivity index (χ1v) is 7.41. The summed E-state index contributed by atoms with van der Waals surface area (Å²) in [6.07, 6.45) is 9.84. The minimum Gasteiger partial charge on any atom is -0.497 e. The average Bonchev–Trinajstić information content (AvgIpc) is 2.98. The second kappa shape index (κ2) is 6.16. The Kier molecular flexibility index (Phi) is 4.08. The summed E-state index contributed by atoms with van der Waals surface area (Å²) in [5.41, 5.74) is 0.387. The van der Waals surface area contributed by atoms with Crippen LogP contribution >= 0.6 is 0 Å². The number of anilines is 2. The molecule has 3 rings (SSSR count). The molecule has 2 aromatic rings. The highest BCUT2D eigenvalue weighted by molar-refractivity contribution is 5.57. The van der Waals surface area contributed by atoms with Gasteiger partial charge < -0.3 is 14.6 Å². The molecular weight excluding hydrogens is 269 g/mol. The van der Waals surface area contributed by atoms with Crippen molar-refractivity contribution in [1.29, 1.82) is 0 Å². The van der Waals surface area contributed by atoms with Gasteiger partial charge in [0.2, 0.25) is 5.95 Å². The Morgan fingerprint density at radius 1 is 1.29 bits per heavy atom. The average molecular weight is 289 g/mol. The summed E-state index contributed by atoms with van der Waals surface area (Å²) < 4.78 is 21.2. The minimum atomic E-state index is -0.311. The Labute approximate surface area is 124 Å². The van der Waals surface area contributed by atoms with Crippen molar-refractivity contribution in [3.05, 3.63) is 36.4 Å². The number of nitrogens with one attached hydrogen (secondary N) is 1. The van der Waals surface area contributed by atoms with Crippen molar-refractivity contribution in [2.45, 2.75) is 38.1 Å². The lowest BCUT2D eigenvalue weighted by Gasteiger charge is -2.24. The fourth-order valence-electron chi connectivity index (χ4n) is 2.91. The van der Waals surface area contributed by atoms with Gasteiger partial charge >= 0.3 is 0 Å². The van der Waals surface area contributed by atoms with Crippen LogP contribution in [0.4, 0.5) is 16.0 Å². The molecule has 1 aromatic carbocycles. The predicted molar refractivity (Wildman–Crippen MR) is 80.6 cm³/mol. The number of aromatic nitrogens is 2. The lowest BCUT2D eigenvalue weighted by Crippen LogP contribution is -2.14. The van der Waals surface area contributed by atoms with Crippen molar-refractivity contribution in [2.24, 2.45) is 0 Å². The minimum absolute atomic E-state index is 0.311. The molecule has 1 aliphatic rings. The first-order valence-electron chi connectivity index (χ1n) is 7.41. The molecule has 1 aromatic heterocycles. The van der Waals surface area contributed by atoms with Crippen molar-refractivity contribution in [3.63, 3.8) is 0 Å². The van der Waals surface area contributed by atoms with Crippen LogP contribution in [0.15, 0.2) is 30.6 Å². The van der Waals surface area contributed by atoms with Crippen molar-refractivity contribution >= 4 is 11.6 Å². The molecule has 112 valence electrons. The molecule has 0 saturated heterocycles. The zero-order valence-corrected chi connectivity index (χ0v) is 12.2. The Hall–Kier alpha value is -2.04. The van der Waals surface area contributed by atoms with Crippen LogP contribution in [-0.4, -0.2) is 16.7 Å². The molecule has 1 fully saturated rings. The lowest BCUT2D eigenvalue weighted by atomic mass is 9.95. The third-order valence-corrected chi connectivity index (χ3v) is 4.06. The van der Waals surface area contributed by atoms with Gasteiger partial charge in [0, 0.05) is 24.5 Å². The molecule has 0 radical (unpaired) electrons. The van der Waals surface area contributed by atoms with Gasteiger partial charge in [0.25, 0.3) is 0 Å². The number of methoxy groups -OCH3 is 1. The van der Waals surface area contributed by atoms with E-state index in [1.165, 1.54) is 25.3 Å². The summed E-state index contributed by atoms with van der Waals surface area (Å²) >= 11 is 0. The summed E-state index contributed by atoms with van der Waals surface area (Å²) in [4.78, 5) is 4.33. The van der Waals surface area contributed by atoms with Gasteiger partial charge in [-0.2, -0.15) is 0 Å². The van der Waals surface area contributed by atoms with Gasteiger partial charge in [-0.25, -0.2) is 9.37 Å². The van der Waals surface area contributed by atoms with Crippen LogP contribution in [0, 0.1) is 5.82 Å². The van der Waals surface area contributed by atoms with E-state index in [0.717, 1.165) is 12.8 Å². The van der Waals surface area contributed by atoms with Crippen molar-refractivity contribution in [1.82, 2.24) is 9.55 Å². The van der Waals surface area contributed by atoms with E-state index in [2.05, 4.69) is 14.9 Å². The molecule has 0 bridgehead atoms. The van der Waals surface area contributed by atoms with Gasteiger partial charge in [-0.05, 0) is 25.0 Å². The molecule has 0 amide bonds. The normalized spacial score (nSPS) is 15.9. The number of hydrogen-bond donors (Lipinski definition) is 1. The summed E-state index contributed by atoms with van der Waals surface area (Å²) in [7, 11) is 1.57. The molecule has 5 heteroatoms. The topological polar surface area (TPSA) is 39.1 Å². The molecule has 21 heavy (non-hydrogen) atoms. The van der Waals surface area contributed by atoms with Crippen LogP contribution in [0.2, 0.25) is 0 Å². The van der Waals surface area contributed by atoms with E-state index in [1.807, 2.05) is 6.20 Å². The highest BCUT2D eigenvalue weighted by Gasteiger charge is 2.18. The molecule has 0 aliphatic heterocycles. The van der Waals surface area contributed by atoms with E-state index in [0.29, 0.717) is 23.4 Å². The number of imidazole rings is 1. The number of rotatable bonds is 4. The number of nitrogens with zero attached hydrogens (tertiary/aromatic N) is 2. The summed E-state index contributed by atoms with van der Waals surface area (Å²) in [5.74, 6) is 0.998. The van der Waals surface area contributed by atoms with Crippen molar-refractivity contribution in [3.8, 4) is 5.75 Å². The molecule has 0 atom stereocenters. The quantitative estimate of drug-likeness (QED) is 0.913. The fraction of sp³-hybridized carbons (Fsp3) is 0.438. The Morgan fingerprint density at radius 2 is 2.10 bits per heavy atom. The molecule has 1 N–H and O–H groups in total. The Bertz CT molecular complexity index is 605. The van der Waals surface area contributed by atoms with Crippen molar-refractivity contribution < 1.29 is 9.13 Å². The molecule has 1 aliphatic carbocycles. The maximum atomic E-state index is 13.9. The maximum Gasteiger partial charge on any atom is 0.207 e. The Balaban J connectivity index is 1.83. The number of benzene rings is 1. The summed E-state index contributed by atoms with van der Waals surface area (Å²) in [6, 6.07) is 5.11. The monoisotopic (exact) mass is 289 g/mol. The standard InChI is InChI=1S/C16H20FN3O/c1-21-13-7-8-14(17)15(11-13)19-16-18-9-10-20(16)12-5-3-2-4-6-12/h7-12H,2-6H2,1H3,(H,18,19). The second-order valence-electron chi connectivity index (χ2n) is 5.42. The summed E-state index contributed by atoms with van der Waals surface area (Å²) in [6.45, 7) is 0. The Morgan fingerprint density at radius 3 is 2.86 bits per heavy atom. The second-order valence-corrected chi connectivity index (χ2v) is 5.42. The zero-order valence-electron chi connectivity index (χ0n) is 12.2. The molecule has 1 saturated carbocycles.